The Kier molecular flexibility index (Phi) is 7.92. The third-order valence-electron chi connectivity index (χ3n) is 6.63. The predicted molar refractivity (Wildman–Crippen MR) is 135 cm³/mol. The smallest absolute Gasteiger partial charge is 0.335 e. The number of carbonyl (C=O) groups is 1. The summed E-state index contributed by atoms with van der Waals surface area (Å²) in [6.45, 7) is 9.72. The molecule has 0 atom stereocenters. The summed E-state index contributed by atoms with van der Waals surface area (Å²) in [5, 5.41) is 9.89. The van der Waals surface area contributed by atoms with Crippen molar-refractivity contribution < 1.29 is 9.90 Å². The second kappa shape index (κ2) is 10.3. The van der Waals surface area contributed by atoms with Crippen molar-refractivity contribution in [2.24, 2.45) is 5.41 Å². The lowest BCUT2D eigenvalue weighted by Gasteiger charge is -2.39. The zero-order valence-corrected chi connectivity index (χ0v) is 20.4. The molecule has 1 fully saturated rings. The second-order valence-corrected chi connectivity index (χ2v) is 9.98. The van der Waals surface area contributed by atoms with Gasteiger partial charge in [-0.25, -0.2) is 4.79 Å². The fourth-order valence-electron chi connectivity index (χ4n) is 4.81. The molecule has 4 rings (SSSR count). The number of benzene rings is 2. The highest BCUT2D eigenvalue weighted by atomic mass is 35.5. The van der Waals surface area contributed by atoms with E-state index in [9.17, 15) is 4.79 Å². The molecule has 0 amide bonds. The number of halogens is 2. The fourth-order valence-corrected chi connectivity index (χ4v) is 4.94. The number of aromatic carboxylic acids is 1. The Balaban J connectivity index is 0.00000289. The number of piperazine rings is 1. The molecule has 1 aliphatic heterocycles. The molecule has 32 heavy (non-hydrogen) atoms. The molecule has 0 spiro atoms. The highest BCUT2D eigenvalue weighted by Gasteiger charge is 2.29. The van der Waals surface area contributed by atoms with Gasteiger partial charge in [0.1, 0.15) is 0 Å². The Morgan fingerprint density at radius 3 is 2.22 bits per heavy atom. The van der Waals surface area contributed by atoms with Crippen LogP contribution in [0.25, 0.3) is 5.57 Å². The molecule has 6 heteroatoms. The van der Waals surface area contributed by atoms with Gasteiger partial charge in [0.25, 0.3) is 0 Å². The lowest BCUT2D eigenvalue weighted by Crippen LogP contribution is -2.47. The maximum Gasteiger partial charge on any atom is 0.335 e. The minimum Gasteiger partial charge on any atom is -0.478 e. The molecule has 2 aliphatic rings. The lowest BCUT2D eigenvalue weighted by molar-refractivity contribution is 0.0697. The summed E-state index contributed by atoms with van der Waals surface area (Å²) in [5.41, 5.74) is 6.17. The molecule has 1 aliphatic carbocycles. The molecule has 1 N–H and O–H groups in total. The zero-order chi connectivity index (χ0) is 22.0. The number of nitrogens with zero attached hydrogens (tertiary/aromatic N) is 2. The van der Waals surface area contributed by atoms with E-state index in [1.165, 1.54) is 17.6 Å². The summed E-state index contributed by atoms with van der Waals surface area (Å²) < 4.78 is 0. The molecule has 0 unspecified atom stereocenters. The largest absolute Gasteiger partial charge is 0.478 e. The Bertz CT molecular complexity index is 960. The third-order valence-corrected chi connectivity index (χ3v) is 6.88. The molecule has 2 aromatic carbocycles. The minimum absolute atomic E-state index is 0. The summed E-state index contributed by atoms with van der Waals surface area (Å²) in [6, 6.07) is 15.5. The van der Waals surface area contributed by atoms with Crippen LogP contribution in [0.2, 0.25) is 5.02 Å². The van der Waals surface area contributed by atoms with Gasteiger partial charge < -0.3 is 10.0 Å². The molecule has 172 valence electrons. The van der Waals surface area contributed by atoms with Gasteiger partial charge >= 0.3 is 5.97 Å². The summed E-state index contributed by atoms with van der Waals surface area (Å²) in [6.07, 6.45) is 3.48. The van der Waals surface area contributed by atoms with Gasteiger partial charge in [-0.05, 0) is 72.2 Å². The molecular weight excluding hydrogens is 443 g/mol. The van der Waals surface area contributed by atoms with Crippen LogP contribution in [0.3, 0.4) is 0 Å². The molecule has 1 heterocycles. The van der Waals surface area contributed by atoms with Crippen LogP contribution in [0, 0.1) is 5.41 Å². The van der Waals surface area contributed by atoms with Gasteiger partial charge in [0.15, 0.2) is 0 Å². The van der Waals surface area contributed by atoms with Crippen molar-refractivity contribution in [2.75, 3.05) is 37.6 Å². The fraction of sp³-hybridized carbons (Fsp3) is 0.423. The number of carboxylic acid groups (broad SMARTS) is 1. The summed E-state index contributed by atoms with van der Waals surface area (Å²) in [7, 11) is 0. The average Bonchev–Trinajstić information content (AvgIpc) is 2.75. The number of hydrogen-bond donors (Lipinski definition) is 1. The van der Waals surface area contributed by atoms with Gasteiger partial charge in [-0.3, -0.25) is 4.90 Å². The summed E-state index contributed by atoms with van der Waals surface area (Å²) >= 11 is 6.12. The van der Waals surface area contributed by atoms with Crippen molar-refractivity contribution in [3.63, 3.8) is 0 Å². The zero-order valence-electron chi connectivity index (χ0n) is 18.8. The predicted octanol–water partition coefficient (Wildman–Crippen LogP) is 6.25. The van der Waals surface area contributed by atoms with Crippen LogP contribution < -0.4 is 4.90 Å². The molecule has 2 aromatic rings. The summed E-state index contributed by atoms with van der Waals surface area (Å²) in [4.78, 5) is 16.0. The Morgan fingerprint density at radius 2 is 1.62 bits per heavy atom. The average molecular weight is 475 g/mol. The highest BCUT2D eigenvalue weighted by Crippen LogP contribution is 2.42. The van der Waals surface area contributed by atoms with E-state index in [0.717, 1.165) is 56.3 Å². The Labute approximate surface area is 202 Å². The van der Waals surface area contributed by atoms with Crippen molar-refractivity contribution in [3.05, 3.63) is 70.3 Å². The maximum atomic E-state index is 11.1. The van der Waals surface area contributed by atoms with Crippen molar-refractivity contribution in [1.29, 1.82) is 0 Å². The van der Waals surface area contributed by atoms with Crippen LogP contribution in [0.1, 0.15) is 49.0 Å². The number of carboxylic acids is 1. The van der Waals surface area contributed by atoms with Gasteiger partial charge in [0.2, 0.25) is 0 Å². The molecule has 4 nitrogen and oxygen atoms in total. The first-order chi connectivity index (χ1) is 14.8. The van der Waals surface area contributed by atoms with Crippen molar-refractivity contribution in [1.82, 2.24) is 4.90 Å². The van der Waals surface area contributed by atoms with E-state index in [2.05, 4.69) is 35.8 Å². The molecule has 1 saturated heterocycles. The number of allylic oxidation sites excluding steroid dienone is 1. The van der Waals surface area contributed by atoms with Gasteiger partial charge in [-0.15, -0.1) is 12.4 Å². The van der Waals surface area contributed by atoms with Crippen molar-refractivity contribution in [2.45, 2.75) is 33.1 Å². The second-order valence-electron chi connectivity index (χ2n) is 9.55. The van der Waals surface area contributed by atoms with Crippen LogP contribution in [0.15, 0.2) is 54.1 Å². The standard InChI is InChI=1S/C26H31ClN2O2.ClH/c1-26(2)12-11-24(19-3-7-22(27)8-4-19)21(17-26)18-28-13-15-29(16-14-28)23-9-5-20(6-10-23)25(30)31;/h3-10H,11-18H2,1-2H3,(H,30,31);1H. The van der Waals surface area contributed by atoms with Gasteiger partial charge in [0, 0.05) is 43.4 Å². The van der Waals surface area contributed by atoms with Gasteiger partial charge in [-0.1, -0.05) is 43.2 Å². The topological polar surface area (TPSA) is 43.8 Å². The van der Waals surface area contributed by atoms with E-state index in [-0.39, 0.29) is 12.4 Å². The van der Waals surface area contributed by atoms with Crippen LogP contribution in [0.5, 0.6) is 0 Å². The number of anilines is 1. The quantitative estimate of drug-likeness (QED) is 0.556. The molecule has 0 bridgehead atoms. The molecular formula is C26H32Cl2N2O2. The van der Waals surface area contributed by atoms with Crippen LogP contribution in [-0.4, -0.2) is 48.7 Å². The Hall–Kier alpha value is -2.01. The van der Waals surface area contributed by atoms with E-state index < -0.39 is 5.97 Å². The van der Waals surface area contributed by atoms with Crippen LogP contribution >= 0.6 is 24.0 Å². The third kappa shape index (κ3) is 5.86. The van der Waals surface area contributed by atoms with E-state index >= 15 is 0 Å². The van der Waals surface area contributed by atoms with E-state index in [1.807, 2.05) is 24.3 Å². The van der Waals surface area contributed by atoms with Crippen LogP contribution in [-0.2, 0) is 0 Å². The van der Waals surface area contributed by atoms with E-state index in [1.54, 1.807) is 17.7 Å². The van der Waals surface area contributed by atoms with E-state index in [0.29, 0.717) is 11.0 Å². The van der Waals surface area contributed by atoms with E-state index in [4.69, 9.17) is 16.7 Å². The first kappa shape index (κ1) is 24.6. The first-order valence-corrected chi connectivity index (χ1v) is 11.5. The van der Waals surface area contributed by atoms with Gasteiger partial charge in [-0.2, -0.15) is 0 Å². The molecule has 0 radical (unpaired) electrons. The van der Waals surface area contributed by atoms with Crippen LogP contribution in [0.4, 0.5) is 5.69 Å². The summed E-state index contributed by atoms with van der Waals surface area (Å²) in [5.74, 6) is -0.878. The molecule has 0 saturated carbocycles. The SMILES string of the molecule is CC1(C)CCC(c2ccc(Cl)cc2)=C(CN2CCN(c3ccc(C(=O)O)cc3)CC2)C1.Cl. The van der Waals surface area contributed by atoms with Crippen molar-refractivity contribution in [3.8, 4) is 0 Å². The number of hydrogen-bond acceptors (Lipinski definition) is 3. The maximum absolute atomic E-state index is 11.1. The lowest BCUT2D eigenvalue weighted by atomic mass is 9.73. The molecule has 0 aromatic heterocycles. The minimum atomic E-state index is -0.878. The Morgan fingerprint density at radius 1 is 1.00 bits per heavy atom. The first-order valence-electron chi connectivity index (χ1n) is 11.1. The highest BCUT2D eigenvalue weighted by molar-refractivity contribution is 6.30. The van der Waals surface area contributed by atoms with Gasteiger partial charge in [0.05, 0.1) is 5.56 Å². The monoisotopic (exact) mass is 474 g/mol. The van der Waals surface area contributed by atoms with Crippen molar-refractivity contribution >= 4 is 41.2 Å². The normalized spacial score (nSPS) is 18.9. The number of rotatable bonds is 5.